The summed E-state index contributed by atoms with van der Waals surface area (Å²) in [7, 11) is 0. The van der Waals surface area contributed by atoms with Crippen LogP contribution >= 0.6 is 0 Å². The molecule has 0 bridgehead atoms. The number of allylic oxidation sites excluding steroid dienone is 5. The Morgan fingerprint density at radius 1 is 1.48 bits per heavy atom. The number of ether oxygens (including phenoxy) is 1. The number of H-pyrrole nitrogens is 1. The van der Waals surface area contributed by atoms with Gasteiger partial charge in [0.05, 0.1) is 17.9 Å². The highest BCUT2D eigenvalue weighted by Gasteiger charge is 2.18. The van der Waals surface area contributed by atoms with Gasteiger partial charge in [0.25, 0.3) is 0 Å². The van der Waals surface area contributed by atoms with Crippen LogP contribution in [0.3, 0.4) is 0 Å². The Bertz CT molecular complexity index is 550. The highest BCUT2D eigenvalue weighted by atomic mass is 16.5. The molecule has 0 amide bonds. The number of aryl methyl sites for hydroxylation is 1. The Kier molecular flexibility index (Phi) is 6.73. The molecule has 0 saturated heterocycles. The lowest BCUT2D eigenvalue weighted by molar-refractivity contribution is 0.0525. The molecule has 0 aliphatic rings. The summed E-state index contributed by atoms with van der Waals surface area (Å²) in [6.07, 6.45) is 10.8. The van der Waals surface area contributed by atoms with Gasteiger partial charge in [-0.2, -0.15) is 0 Å². The molecule has 1 unspecified atom stereocenters. The third-order valence-electron chi connectivity index (χ3n) is 3.42. The molecule has 0 aliphatic heterocycles. The van der Waals surface area contributed by atoms with Gasteiger partial charge >= 0.3 is 5.97 Å². The molecule has 1 aromatic rings. The van der Waals surface area contributed by atoms with Crippen LogP contribution in [0, 0.1) is 12.8 Å². The number of hydrogen-bond acceptors (Lipinski definition) is 2. The lowest BCUT2D eigenvalue weighted by Crippen LogP contribution is -2.07. The van der Waals surface area contributed by atoms with Gasteiger partial charge in [0.2, 0.25) is 0 Å². The predicted octanol–water partition coefficient (Wildman–Crippen LogP) is 4.67. The largest absolute Gasteiger partial charge is 0.462 e. The SMILES string of the molecule is C=C/C(=C\C=C/C(C)CC)c1[nH]cc(C)c1C(=O)OCC. The first-order valence-corrected chi connectivity index (χ1v) is 7.41. The van der Waals surface area contributed by atoms with Crippen LogP contribution in [0.4, 0.5) is 0 Å². The highest BCUT2D eigenvalue weighted by Crippen LogP contribution is 2.23. The Labute approximate surface area is 127 Å². The molecular formula is C18H25NO2. The first kappa shape index (κ1) is 17.0. The molecule has 1 N–H and O–H groups in total. The second-order valence-corrected chi connectivity index (χ2v) is 5.04. The van der Waals surface area contributed by atoms with Crippen LogP contribution in [0.1, 0.15) is 48.8 Å². The number of carbonyl (C=O) groups is 1. The van der Waals surface area contributed by atoms with Crippen LogP contribution in [0.5, 0.6) is 0 Å². The molecule has 1 aromatic heterocycles. The number of aromatic amines is 1. The van der Waals surface area contributed by atoms with E-state index in [9.17, 15) is 4.79 Å². The van der Waals surface area contributed by atoms with Gasteiger partial charge in [0.15, 0.2) is 0 Å². The monoisotopic (exact) mass is 287 g/mol. The van der Waals surface area contributed by atoms with Gasteiger partial charge in [0.1, 0.15) is 0 Å². The van der Waals surface area contributed by atoms with Crippen LogP contribution in [0.15, 0.2) is 37.1 Å². The van der Waals surface area contributed by atoms with E-state index in [0.717, 1.165) is 23.3 Å². The van der Waals surface area contributed by atoms with E-state index in [-0.39, 0.29) is 5.97 Å². The summed E-state index contributed by atoms with van der Waals surface area (Å²) in [5.74, 6) is 0.229. The molecule has 3 heteroatoms. The zero-order valence-electron chi connectivity index (χ0n) is 13.4. The van der Waals surface area contributed by atoms with Gasteiger partial charge in [-0.05, 0) is 30.9 Å². The van der Waals surface area contributed by atoms with E-state index in [1.165, 1.54) is 0 Å². The van der Waals surface area contributed by atoms with Gasteiger partial charge in [-0.3, -0.25) is 0 Å². The number of esters is 1. The third-order valence-corrected chi connectivity index (χ3v) is 3.42. The van der Waals surface area contributed by atoms with Gasteiger partial charge in [-0.1, -0.05) is 51.2 Å². The fourth-order valence-corrected chi connectivity index (χ4v) is 1.95. The summed E-state index contributed by atoms with van der Waals surface area (Å²) in [6.45, 7) is 12.2. The Balaban J connectivity index is 3.12. The van der Waals surface area contributed by atoms with Crippen LogP contribution < -0.4 is 0 Å². The van der Waals surface area contributed by atoms with Crippen molar-refractivity contribution in [3.63, 3.8) is 0 Å². The summed E-state index contributed by atoms with van der Waals surface area (Å²) in [4.78, 5) is 15.2. The molecule has 0 spiro atoms. The van der Waals surface area contributed by atoms with Gasteiger partial charge in [-0.15, -0.1) is 0 Å². The van der Waals surface area contributed by atoms with Crippen molar-refractivity contribution in [2.75, 3.05) is 6.61 Å². The minimum atomic E-state index is -0.301. The van der Waals surface area contributed by atoms with Crippen molar-refractivity contribution in [2.45, 2.75) is 34.1 Å². The fourth-order valence-electron chi connectivity index (χ4n) is 1.95. The van der Waals surface area contributed by atoms with E-state index >= 15 is 0 Å². The van der Waals surface area contributed by atoms with Crippen molar-refractivity contribution in [1.29, 1.82) is 0 Å². The number of hydrogen-bond donors (Lipinski definition) is 1. The number of nitrogens with one attached hydrogen (secondary N) is 1. The van der Waals surface area contributed by atoms with Crippen molar-refractivity contribution in [1.82, 2.24) is 4.98 Å². The molecule has 1 heterocycles. The molecule has 0 fully saturated rings. The lowest BCUT2D eigenvalue weighted by atomic mass is 10.0. The van der Waals surface area contributed by atoms with E-state index in [1.807, 2.05) is 25.3 Å². The molecule has 114 valence electrons. The van der Waals surface area contributed by atoms with E-state index < -0.39 is 0 Å². The van der Waals surface area contributed by atoms with Gasteiger partial charge < -0.3 is 9.72 Å². The molecule has 0 radical (unpaired) electrons. The standard InChI is InChI=1S/C18H25NO2/c1-6-13(4)10-9-11-15(7-2)17-16(14(5)12-19-17)18(20)21-8-3/h7,9-13,19H,2,6,8H2,1,3-5H3/b10-9-,15-11+. The number of carbonyl (C=O) groups excluding carboxylic acids is 1. The molecule has 3 nitrogen and oxygen atoms in total. The zero-order chi connectivity index (χ0) is 15.8. The minimum absolute atomic E-state index is 0.301. The number of aromatic nitrogens is 1. The molecule has 0 aliphatic carbocycles. The fraction of sp³-hybridized carbons (Fsp3) is 0.389. The number of rotatable bonds is 7. The van der Waals surface area contributed by atoms with E-state index in [4.69, 9.17) is 4.74 Å². The second kappa shape index (κ2) is 8.30. The van der Waals surface area contributed by atoms with Crippen molar-refractivity contribution >= 4 is 11.5 Å². The molecule has 1 rings (SSSR count). The van der Waals surface area contributed by atoms with Crippen molar-refractivity contribution in [3.8, 4) is 0 Å². The van der Waals surface area contributed by atoms with Crippen LogP contribution in [-0.2, 0) is 4.74 Å². The minimum Gasteiger partial charge on any atom is -0.462 e. The average Bonchev–Trinajstić information content (AvgIpc) is 2.85. The summed E-state index contributed by atoms with van der Waals surface area (Å²) in [5, 5.41) is 0. The highest BCUT2D eigenvalue weighted by molar-refractivity contribution is 5.97. The van der Waals surface area contributed by atoms with Crippen LogP contribution in [-0.4, -0.2) is 17.6 Å². The quantitative estimate of drug-likeness (QED) is 0.585. The molecular weight excluding hydrogens is 262 g/mol. The summed E-state index contributed by atoms with van der Waals surface area (Å²) in [6, 6.07) is 0. The Morgan fingerprint density at radius 3 is 2.76 bits per heavy atom. The van der Waals surface area contributed by atoms with Gasteiger partial charge in [-0.25, -0.2) is 4.79 Å². The van der Waals surface area contributed by atoms with Crippen molar-refractivity contribution in [2.24, 2.45) is 5.92 Å². The topological polar surface area (TPSA) is 42.1 Å². The third kappa shape index (κ3) is 4.48. The maximum atomic E-state index is 12.1. The maximum Gasteiger partial charge on any atom is 0.340 e. The predicted molar refractivity (Wildman–Crippen MR) is 88.3 cm³/mol. The summed E-state index contributed by atoms with van der Waals surface area (Å²) < 4.78 is 5.12. The van der Waals surface area contributed by atoms with Crippen molar-refractivity contribution in [3.05, 3.63) is 53.9 Å². The Hall–Kier alpha value is -2.03. The normalized spacial score (nSPS) is 13.4. The van der Waals surface area contributed by atoms with Crippen molar-refractivity contribution < 1.29 is 9.53 Å². The molecule has 0 aromatic carbocycles. The molecule has 1 atom stereocenters. The molecule has 0 saturated carbocycles. The van der Waals surface area contributed by atoms with E-state index in [2.05, 4.69) is 31.5 Å². The second-order valence-electron chi connectivity index (χ2n) is 5.04. The first-order chi connectivity index (χ1) is 10.0. The van der Waals surface area contributed by atoms with Crippen LogP contribution in [0.25, 0.3) is 5.57 Å². The maximum absolute atomic E-state index is 12.1. The summed E-state index contributed by atoms with van der Waals surface area (Å²) >= 11 is 0. The van der Waals surface area contributed by atoms with Crippen LogP contribution in [0.2, 0.25) is 0 Å². The Morgan fingerprint density at radius 2 is 2.19 bits per heavy atom. The van der Waals surface area contributed by atoms with E-state index in [1.54, 1.807) is 13.0 Å². The summed E-state index contributed by atoms with van der Waals surface area (Å²) in [5.41, 5.74) is 3.10. The molecule has 21 heavy (non-hydrogen) atoms. The first-order valence-electron chi connectivity index (χ1n) is 7.41. The lowest BCUT2D eigenvalue weighted by Gasteiger charge is -2.06. The smallest absolute Gasteiger partial charge is 0.340 e. The van der Waals surface area contributed by atoms with Gasteiger partial charge in [0, 0.05) is 6.20 Å². The average molecular weight is 287 g/mol. The van der Waals surface area contributed by atoms with E-state index in [0.29, 0.717) is 18.1 Å². The zero-order valence-corrected chi connectivity index (χ0v) is 13.4.